The molecular weight excluding hydrogens is 380 g/mol. The fourth-order valence-corrected chi connectivity index (χ4v) is 2.08. The second kappa shape index (κ2) is 9.26. The Morgan fingerprint density at radius 1 is 0.731 bits per heavy atom. The molecule has 1 aliphatic rings. The number of nitrogens with zero attached hydrogens (tertiary/aromatic N) is 2. The van der Waals surface area contributed by atoms with E-state index in [1.54, 1.807) is 0 Å². The third-order valence-electron chi connectivity index (χ3n) is 3.00. The Morgan fingerprint density at radius 3 is 1.15 bits per heavy atom. The van der Waals surface area contributed by atoms with Gasteiger partial charge in [0, 0.05) is 0 Å². The van der Waals surface area contributed by atoms with Gasteiger partial charge < -0.3 is 36.4 Å². The molecule has 0 saturated carbocycles. The first-order valence-electron chi connectivity index (χ1n) is 7.51. The van der Waals surface area contributed by atoms with Gasteiger partial charge in [-0.3, -0.25) is 0 Å². The average molecular weight is 402 g/mol. The zero-order valence-corrected chi connectivity index (χ0v) is 20.6. The number of hydrogen-bond acceptors (Lipinski definition) is 4. The van der Waals surface area contributed by atoms with Crippen molar-refractivity contribution in [2.75, 3.05) is 12.9 Å². The third-order valence-corrected chi connectivity index (χ3v) is 3.00. The van der Waals surface area contributed by atoms with Crippen LogP contribution in [0.4, 0.5) is 26.9 Å². The summed E-state index contributed by atoms with van der Waals surface area (Å²) < 4.78 is 66.3. The normalized spacial score (nSPS) is 19.0. The average Bonchev–Trinajstić information content (AvgIpc) is 2.27. The van der Waals surface area contributed by atoms with Gasteiger partial charge in [0.2, 0.25) is 0 Å². The molecule has 14 heteroatoms. The van der Waals surface area contributed by atoms with Crippen LogP contribution < -0.4 is 59.1 Å². The number of ether oxygens (including phenoxy) is 2. The van der Waals surface area contributed by atoms with Crippen molar-refractivity contribution in [1.29, 1.82) is 0 Å². The summed E-state index contributed by atoms with van der Waals surface area (Å²) in [6, 6.07) is 0. The summed E-state index contributed by atoms with van der Waals surface area (Å²) in [6.07, 6.45) is -6.31. The Bertz CT molecular complexity index is 484. The van der Waals surface area contributed by atoms with Crippen LogP contribution in [0.2, 0.25) is 0 Å². The van der Waals surface area contributed by atoms with Crippen LogP contribution in [-0.2, 0) is 9.47 Å². The Balaban J connectivity index is 0. The summed E-state index contributed by atoms with van der Waals surface area (Å²) in [7, 11) is 0. The molecule has 2 amide bonds. The molecule has 0 aliphatic carbocycles. The second-order valence-corrected chi connectivity index (χ2v) is 7.80. The van der Waals surface area contributed by atoms with Gasteiger partial charge in [-0.2, -0.15) is 0 Å². The maximum atomic E-state index is 14.2. The maximum Gasteiger partial charge on any atom is 1.00 e. The van der Waals surface area contributed by atoms with E-state index in [4.69, 9.17) is 9.47 Å². The van der Waals surface area contributed by atoms with Gasteiger partial charge >= 0.3 is 85.0 Å². The van der Waals surface area contributed by atoms with E-state index in [0.717, 1.165) is 0 Å². The number of amides is 2. The molecule has 0 atom stereocenters. The van der Waals surface area contributed by atoms with E-state index in [-0.39, 0.29) is 68.7 Å². The number of rotatable bonds is 0. The van der Waals surface area contributed by atoms with Gasteiger partial charge in [-0.15, -0.1) is 0 Å². The van der Waals surface area contributed by atoms with Crippen molar-refractivity contribution < 1.29 is 95.4 Å². The Labute approximate surface area is 195 Å². The molecule has 26 heavy (non-hydrogen) atoms. The van der Waals surface area contributed by atoms with Gasteiger partial charge in [0.15, 0.2) is 0 Å². The summed E-state index contributed by atoms with van der Waals surface area (Å²) in [6.45, 7) is -0.939. The summed E-state index contributed by atoms with van der Waals surface area (Å²) in [5.41, 5.74) is -2.23. The first-order chi connectivity index (χ1) is 10.4. The zero-order valence-electron chi connectivity index (χ0n) is 16.6. The summed E-state index contributed by atoms with van der Waals surface area (Å²) in [5, 5.41) is 0. The molecule has 1 rings (SSSR count). The first-order valence-corrected chi connectivity index (χ1v) is 7.51. The SMILES string of the molecule is CC(C)(C)OC(=O)N1C[B-](F)(F)N(C(=O)OC(C)(C)C)C[B-]1(F)F.[Na+].[Na+]. The van der Waals surface area contributed by atoms with E-state index in [1.807, 2.05) is 0 Å². The van der Waals surface area contributed by atoms with E-state index in [9.17, 15) is 26.9 Å². The molecule has 0 aromatic carbocycles. The van der Waals surface area contributed by atoms with E-state index < -0.39 is 49.9 Å². The minimum atomic E-state index is -4.75. The van der Waals surface area contributed by atoms with Crippen molar-refractivity contribution >= 4 is 25.9 Å². The predicted octanol–water partition coefficient (Wildman–Crippen LogP) is -2.68. The minimum absolute atomic E-state index is 0. The van der Waals surface area contributed by atoms with Gasteiger partial charge in [-0.25, -0.2) is 9.59 Å². The molecule has 0 radical (unpaired) electrons. The summed E-state index contributed by atoms with van der Waals surface area (Å²) >= 11 is 0. The van der Waals surface area contributed by atoms with Crippen molar-refractivity contribution in [2.24, 2.45) is 0 Å². The topological polar surface area (TPSA) is 59.1 Å². The maximum absolute atomic E-state index is 14.2. The molecule has 0 unspecified atom stereocenters. The van der Waals surface area contributed by atoms with E-state index in [1.165, 1.54) is 41.5 Å². The van der Waals surface area contributed by atoms with Crippen LogP contribution >= 0.6 is 0 Å². The molecule has 0 aromatic rings. The van der Waals surface area contributed by atoms with E-state index in [2.05, 4.69) is 0 Å². The fourth-order valence-electron chi connectivity index (χ4n) is 2.08. The summed E-state index contributed by atoms with van der Waals surface area (Å²) in [4.78, 5) is 23.0. The van der Waals surface area contributed by atoms with Crippen LogP contribution in [0.5, 0.6) is 0 Å². The second-order valence-electron chi connectivity index (χ2n) is 7.80. The van der Waals surface area contributed by atoms with Gasteiger partial charge in [0.25, 0.3) is 0 Å². The monoisotopic (exact) mass is 402 g/mol. The van der Waals surface area contributed by atoms with Crippen LogP contribution in [0.1, 0.15) is 41.5 Å². The van der Waals surface area contributed by atoms with Crippen LogP contribution in [0.25, 0.3) is 0 Å². The number of halogens is 4. The van der Waals surface area contributed by atoms with E-state index >= 15 is 0 Å². The van der Waals surface area contributed by atoms with Crippen molar-refractivity contribution in [1.82, 2.24) is 9.62 Å². The molecule has 0 spiro atoms. The largest absolute Gasteiger partial charge is 1.00 e. The number of carbonyl (C=O) groups excluding carboxylic acids is 2. The molecule has 0 aromatic heterocycles. The Morgan fingerprint density at radius 2 is 0.962 bits per heavy atom. The fraction of sp³-hybridized carbons (Fsp3) is 0.833. The zero-order chi connectivity index (χ0) is 19.1. The van der Waals surface area contributed by atoms with Gasteiger partial charge in [0.1, 0.15) is 11.2 Å². The van der Waals surface area contributed by atoms with Crippen molar-refractivity contribution in [3.05, 3.63) is 0 Å². The smallest absolute Gasteiger partial charge is 0.457 e. The van der Waals surface area contributed by atoms with Gasteiger partial charge in [-0.1, -0.05) is 12.9 Å². The molecular formula is C12H22B2F4N2Na2O4. The standard InChI is InChI=1S/C12H22B2F4N2O4.2Na/c1-11(2,3)23-9(21)19-7-14(17,18)20(8-13(19,15)16)10(22)24-12(4,5)6;;/h7-8H2,1-6H3;;/q-2;2*+1. The molecule has 1 saturated heterocycles. The molecule has 1 fully saturated rings. The Kier molecular flexibility index (Phi) is 10.2. The van der Waals surface area contributed by atoms with Crippen LogP contribution in [-0.4, -0.2) is 59.6 Å². The van der Waals surface area contributed by atoms with Crippen LogP contribution in [0, 0.1) is 0 Å². The van der Waals surface area contributed by atoms with Gasteiger partial charge in [0.05, 0.1) is 0 Å². The summed E-state index contributed by atoms with van der Waals surface area (Å²) in [5.74, 6) is 0. The van der Waals surface area contributed by atoms with Crippen LogP contribution in [0.3, 0.4) is 0 Å². The number of carbonyl (C=O) groups is 2. The molecule has 1 aliphatic heterocycles. The van der Waals surface area contributed by atoms with E-state index in [0.29, 0.717) is 0 Å². The molecule has 0 bridgehead atoms. The van der Waals surface area contributed by atoms with Gasteiger partial charge in [-0.05, 0) is 41.5 Å². The third kappa shape index (κ3) is 8.18. The first kappa shape index (κ1) is 28.6. The molecule has 0 N–H and O–H groups in total. The van der Waals surface area contributed by atoms with Crippen molar-refractivity contribution in [3.8, 4) is 0 Å². The Hall–Kier alpha value is 0.390. The van der Waals surface area contributed by atoms with Crippen molar-refractivity contribution in [2.45, 2.75) is 52.7 Å². The van der Waals surface area contributed by atoms with Crippen LogP contribution in [0.15, 0.2) is 0 Å². The minimum Gasteiger partial charge on any atom is -0.457 e. The quantitative estimate of drug-likeness (QED) is 0.328. The molecule has 6 nitrogen and oxygen atoms in total. The molecule has 140 valence electrons. The number of hydrogen-bond donors (Lipinski definition) is 0. The van der Waals surface area contributed by atoms with Crippen molar-refractivity contribution in [3.63, 3.8) is 0 Å². The molecule has 1 heterocycles. The predicted molar refractivity (Wildman–Crippen MR) is 81.8 cm³/mol.